The SMILES string of the molecule is COc1ncnc(OC)c1CNC(CO)CO. The van der Waals surface area contributed by atoms with Crippen LogP contribution >= 0.6 is 0 Å². The maximum absolute atomic E-state index is 8.94. The molecule has 0 atom stereocenters. The van der Waals surface area contributed by atoms with E-state index in [9.17, 15) is 0 Å². The number of hydrogen-bond acceptors (Lipinski definition) is 7. The van der Waals surface area contributed by atoms with Crippen LogP contribution in [-0.2, 0) is 6.54 Å². The first-order valence-corrected chi connectivity index (χ1v) is 5.13. The molecule has 0 fully saturated rings. The van der Waals surface area contributed by atoms with Crippen molar-refractivity contribution in [2.75, 3.05) is 27.4 Å². The van der Waals surface area contributed by atoms with Gasteiger partial charge in [0.1, 0.15) is 6.33 Å². The molecule has 0 radical (unpaired) electrons. The molecule has 0 aliphatic heterocycles. The second kappa shape index (κ2) is 7.00. The number of aliphatic hydroxyl groups excluding tert-OH is 2. The van der Waals surface area contributed by atoms with Gasteiger partial charge < -0.3 is 25.0 Å². The average molecular weight is 243 g/mol. The van der Waals surface area contributed by atoms with Crippen molar-refractivity contribution in [3.05, 3.63) is 11.9 Å². The summed E-state index contributed by atoms with van der Waals surface area (Å²) in [6, 6.07) is -0.399. The van der Waals surface area contributed by atoms with Gasteiger partial charge in [0.15, 0.2) is 0 Å². The second-order valence-corrected chi connectivity index (χ2v) is 3.31. The van der Waals surface area contributed by atoms with E-state index in [2.05, 4.69) is 15.3 Å². The van der Waals surface area contributed by atoms with Crippen molar-refractivity contribution in [3.8, 4) is 11.8 Å². The summed E-state index contributed by atoms with van der Waals surface area (Å²) in [5.41, 5.74) is 0.643. The summed E-state index contributed by atoms with van der Waals surface area (Å²) in [6.07, 6.45) is 1.34. The molecule has 96 valence electrons. The fourth-order valence-electron chi connectivity index (χ4n) is 1.32. The monoisotopic (exact) mass is 243 g/mol. The lowest BCUT2D eigenvalue weighted by Gasteiger charge is -2.15. The van der Waals surface area contributed by atoms with E-state index in [1.807, 2.05) is 0 Å². The molecule has 7 nitrogen and oxygen atoms in total. The minimum atomic E-state index is -0.399. The number of methoxy groups -OCH3 is 2. The Morgan fingerprint density at radius 1 is 1.18 bits per heavy atom. The highest BCUT2D eigenvalue weighted by Gasteiger charge is 2.14. The van der Waals surface area contributed by atoms with Gasteiger partial charge in [-0.25, -0.2) is 9.97 Å². The largest absolute Gasteiger partial charge is 0.481 e. The minimum Gasteiger partial charge on any atom is -0.481 e. The van der Waals surface area contributed by atoms with Gasteiger partial charge in [0.25, 0.3) is 0 Å². The third kappa shape index (κ3) is 3.52. The highest BCUT2D eigenvalue weighted by atomic mass is 16.5. The molecule has 7 heteroatoms. The first kappa shape index (κ1) is 13.6. The maximum atomic E-state index is 8.94. The van der Waals surface area contributed by atoms with Crippen LogP contribution in [0.2, 0.25) is 0 Å². The topological polar surface area (TPSA) is 96.7 Å². The zero-order valence-corrected chi connectivity index (χ0v) is 9.88. The number of nitrogens with zero attached hydrogens (tertiary/aromatic N) is 2. The van der Waals surface area contributed by atoms with Crippen LogP contribution in [0.4, 0.5) is 0 Å². The van der Waals surface area contributed by atoms with Crippen molar-refractivity contribution in [1.29, 1.82) is 0 Å². The van der Waals surface area contributed by atoms with Gasteiger partial charge in [-0.1, -0.05) is 0 Å². The lowest BCUT2D eigenvalue weighted by atomic mass is 10.2. The van der Waals surface area contributed by atoms with Gasteiger partial charge in [0, 0.05) is 6.54 Å². The molecular weight excluding hydrogens is 226 g/mol. The maximum Gasteiger partial charge on any atom is 0.224 e. The number of rotatable bonds is 7. The quantitative estimate of drug-likeness (QED) is 0.561. The third-order valence-corrected chi connectivity index (χ3v) is 2.26. The van der Waals surface area contributed by atoms with Crippen molar-refractivity contribution in [1.82, 2.24) is 15.3 Å². The lowest BCUT2D eigenvalue weighted by Crippen LogP contribution is -2.35. The van der Waals surface area contributed by atoms with E-state index in [-0.39, 0.29) is 13.2 Å². The van der Waals surface area contributed by atoms with Gasteiger partial charge in [-0.2, -0.15) is 0 Å². The van der Waals surface area contributed by atoms with Gasteiger partial charge >= 0.3 is 0 Å². The Labute approximate surface area is 99.4 Å². The molecule has 0 saturated carbocycles. The molecular formula is C10H17N3O4. The summed E-state index contributed by atoms with van der Waals surface area (Å²) >= 11 is 0. The van der Waals surface area contributed by atoms with Crippen LogP contribution in [0.5, 0.6) is 11.8 Å². The molecule has 0 aliphatic carbocycles. The first-order chi connectivity index (χ1) is 8.26. The molecule has 1 heterocycles. The Morgan fingerprint density at radius 2 is 1.71 bits per heavy atom. The number of ether oxygens (including phenoxy) is 2. The molecule has 0 spiro atoms. The van der Waals surface area contributed by atoms with Crippen LogP contribution in [-0.4, -0.2) is 53.7 Å². The number of hydrogen-bond donors (Lipinski definition) is 3. The van der Waals surface area contributed by atoms with Crippen LogP contribution in [0.25, 0.3) is 0 Å². The van der Waals surface area contributed by atoms with Gasteiger partial charge in [-0.05, 0) is 0 Å². The van der Waals surface area contributed by atoms with E-state index >= 15 is 0 Å². The fourth-order valence-corrected chi connectivity index (χ4v) is 1.32. The van der Waals surface area contributed by atoms with Crippen molar-refractivity contribution in [2.24, 2.45) is 0 Å². The van der Waals surface area contributed by atoms with Gasteiger partial charge in [-0.3, -0.25) is 0 Å². The van der Waals surface area contributed by atoms with Crippen LogP contribution in [0, 0.1) is 0 Å². The van der Waals surface area contributed by atoms with E-state index in [1.165, 1.54) is 20.5 Å². The Bertz CT molecular complexity index is 322. The summed E-state index contributed by atoms with van der Waals surface area (Å²) in [6.45, 7) is 0.0165. The Balaban J connectivity index is 2.80. The number of aromatic nitrogens is 2. The summed E-state index contributed by atoms with van der Waals surface area (Å²) in [7, 11) is 3.00. The molecule has 0 bridgehead atoms. The smallest absolute Gasteiger partial charge is 0.224 e. The van der Waals surface area contributed by atoms with Crippen molar-refractivity contribution in [2.45, 2.75) is 12.6 Å². The molecule has 1 rings (SSSR count). The van der Waals surface area contributed by atoms with Crippen LogP contribution in [0.1, 0.15) is 5.56 Å². The normalized spacial score (nSPS) is 10.6. The molecule has 0 saturated heterocycles. The first-order valence-electron chi connectivity index (χ1n) is 5.13. The van der Waals surface area contributed by atoms with E-state index in [0.717, 1.165) is 0 Å². The van der Waals surface area contributed by atoms with Crippen molar-refractivity contribution in [3.63, 3.8) is 0 Å². The molecule has 0 amide bonds. The van der Waals surface area contributed by atoms with Crippen molar-refractivity contribution < 1.29 is 19.7 Å². The fraction of sp³-hybridized carbons (Fsp3) is 0.600. The van der Waals surface area contributed by atoms with Gasteiger partial charge in [-0.15, -0.1) is 0 Å². The van der Waals surface area contributed by atoms with Crippen LogP contribution in [0.3, 0.4) is 0 Å². The summed E-state index contributed by atoms with van der Waals surface area (Å²) < 4.78 is 10.2. The van der Waals surface area contributed by atoms with E-state index in [0.29, 0.717) is 23.9 Å². The Hall–Kier alpha value is -1.44. The second-order valence-electron chi connectivity index (χ2n) is 3.31. The van der Waals surface area contributed by atoms with Gasteiger partial charge in [0.2, 0.25) is 11.8 Å². The summed E-state index contributed by atoms with van der Waals surface area (Å²) in [5.74, 6) is 0.804. The predicted molar refractivity (Wildman–Crippen MR) is 59.9 cm³/mol. The highest BCUT2D eigenvalue weighted by Crippen LogP contribution is 2.22. The molecule has 1 aromatic rings. The van der Waals surface area contributed by atoms with Crippen LogP contribution in [0.15, 0.2) is 6.33 Å². The zero-order chi connectivity index (χ0) is 12.7. The predicted octanol–water partition coefficient (Wildman–Crippen LogP) is -1.06. The van der Waals surface area contributed by atoms with E-state index < -0.39 is 6.04 Å². The van der Waals surface area contributed by atoms with E-state index in [4.69, 9.17) is 19.7 Å². The molecule has 17 heavy (non-hydrogen) atoms. The van der Waals surface area contributed by atoms with Gasteiger partial charge in [0.05, 0.1) is 39.0 Å². The number of nitrogens with one attached hydrogen (secondary N) is 1. The zero-order valence-electron chi connectivity index (χ0n) is 9.88. The third-order valence-electron chi connectivity index (χ3n) is 2.26. The Morgan fingerprint density at radius 3 is 2.12 bits per heavy atom. The lowest BCUT2D eigenvalue weighted by molar-refractivity contribution is 0.169. The standard InChI is InChI=1S/C10H17N3O4/c1-16-9-8(3-11-7(4-14)5-15)10(17-2)13-6-12-9/h6-7,11,14-15H,3-5H2,1-2H3. The molecule has 0 aromatic carbocycles. The molecule has 1 aromatic heterocycles. The van der Waals surface area contributed by atoms with Crippen molar-refractivity contribution >= 4 is 0 Å². The average Bonchev–Trinajstić information content (AvgIpc) is 2.39. The summed E-state index contributed by atoms with van der Waals surface area (Å²) in [4.78, 5) is 7.91. The Kier molecular flexibility index (Phi) is 5.61. The molecule has 0 aliphatic rings. The van der Waals surface area contributed by atoms with E-state index in [1.54, 1.807) is 0 Å². The highest BCUT2D eigenvalue weighted by molar-refractivity contribution is 5.34. The molecule has 3 N–H and O–H groups in total. The number of aliphatic hydroxyl groups is 2. The molecule has 0 unspecified atom stereocenters. The van der Waals surface area contributed by atoms with Crippen LogP contribution < -0.4 is 14.8 Å². The summed E-state index contributed by atoms with van der Waals surface area (Å²) in [5, 5.41) is 20.8. The minimum absolute atomic E-state index is 0.158.